The first-order valence-electron chi connectivity index (χ1n) is 3.42. The van der Waals surface area contributed by atoms with Crippen LogP contribution in [0.15, 0.2) is 23.1 Å². The van der Waals surface area contributed by atoms with Crippen molar-refractivity contribution in [1.82, 2.24) is 14.4 Å². The summed E-state index contributed by atoms with van der Waals surface area (Å²) in [5.41, 5.74) is 0.0862. The van der Waals surface area contributed by atoms with Crippen molar-refractivity contribution in [2.75, 3.05) is 0 Å². The van der Waals surface area contributed by atoms with Crippen LogP contribution in [-0.2, 0) is 0 Å². The van der Waals surface area contributed by atoms with Crippen molar-refractivity contribution in [3.05, 3.63) is 28.8 Å². The van der Waals surface area contributed by atoms with Crippen LogP contribution in [0.1, 0.15) is 10.5 Å². The molecule has 2 aromatic heterocycles. The van der Waals surface area contributed by atoms with Gasteiger partial charge in [-0.15, -0.1) is 0 Å². The molecular formula is C7H4BrN3O2. The smallest absolute Gasteiger partial charge is 0.355 e. The van der Waals surface area contributed by atoms with Crippen LogP contribution >= 0.6 is 15.9 Å². The summed E-state index contributed by atoms with van der Waals surface area (Å²) in [6, 6.07) is 1.65. The van der Waals surface area contributed by atoms with E-state index in [1.165, 1.54) is 4.40 Å². The van der Waals surface area contributed by atoms with E-state index in [1.54, 1.807) is 18.5 Å². The molecule has 2 heterocycles. The molecule has 0 saturated carbocycles. The predicted molar refractivity (Wildman–Crippen MR) is 47.6 cm³/mol. The van der Waals surface area contributed by atoms with E-state index in [0.29, 0.717) is 10.4 Å². The lowest BCUT2D eigenvalue weighted by atomic mass is 10.5. The van der Waals surface area contributed by atoms with Crippen LogP contribution < -0.4 is 0 Å². The third-order valence-electron chi connectivity index (χ3n) is 1.56. The second-order valence-corrected chi connectivity index (χ2v) is 3.10. The fourth-order valence-corrected chi connectivity index (χ4v) is 1.57. The lowest BCUT2D eigenvalue weighted by molar-refractivity contribution is 0.0688. The largest absolute Gasteiger partial charge is 0.476 e. The zero-order chi connectivity index (χ0) is 9.42. The van der Waals surface area contributed by atoms with Gasteiger partial charge in [-0.05, 0) is 22.0 Å². The number of rotatable bonds is 1. The highest BCUT2D eigenvalue weighted by molar-refractivity contribution is 9.10. The number of carboxylic acid groups (broad SMARTS) is 1. The molecule has 2 rings (SSSR count). The summed E-state index contributed by atoms with van der Waals surface area (Å²) in [7, 11) is 0. The molecule has 0 fully saturated rings. The molecule has 0 radical (unpaired) electrons. The van der Waals surface area contributed by atoms with E-state index in [0.717, 1.165) is 0 Å². The second-order valence-electron chi connectivity index (χ2n) is 2.35. The highest BCUT2D eigenvalue weighted by Gasteiger charge is 2.16. The second kappa shape index (κ2) is 2.81. The van der Waals surface area contributed by atoms with Crippen molar-refractivity contribution in [1.29, 1.82) is 0 Å². The lowest BCUT2D eigenvalue weighted by Crippen LogP contribution is -2.02. The molecule has 66 valence electrons. The third-order valence-corrected chi connectivity index (χ3v) is 2.12. The summed E-state index contributed by atoms with van der Waals surface area (Å²) in [6.07, 6.45) is 3.16. The van der Waals surface area contributed by atoms with Gasteiger partial charge < -0.3 is 5.11 Å². The van der Waals surface area contributed by atoms with E-state index >= 15 is 0 Å². The number of hydrogen-bond acceptors (Lipinski definition) is 3. The van der Waals surface area contributed by atoms with E-state index in [9.17, 15) is 4.79 Å². The Morgan fingerprint density at radius 2 is 2.38 bits per heavy atom. The Labute approximate surface area is 81.2 Å². The van der Waals surface area contributed by atoms with E-state index in [-0.39, 0.29) is 5.69 Å². The average Bonchev–Trinajstić information content (AvgIpc) is 2.39. The number of carboxylic acids is 1. The van der Waals surface area contributed by atoms with Gasteiger partial charge in [0.05, 0.1) is 0 Å². The van der Waals surface area contributed by atoms with Crippen LogP contribution in [0.25, 0.3) is 5.78 Å². The first-order valence-corrected chi connectivity index (χ1v) is 4.21. The van der Waals surface area contributed by atoms with Gasteiger partial charge in [0.25, 0.3) is 0 Å². The summed E-state index contributed by atoms with van der Waals surface area (Å²) >= 11 is 3.06. The summed E-state index contributed by atoms with van der Waals surface area (Å²) < 4.78 is 1.70. The van der Waals surface area contributed by atoms with Gasteiger partial charge in [-0.25, -0.2) is 14.8 Å². The quantitative estimate of drug-likeness (QED) is 0.815. The minimum atomic E-state index is -1.03. The Hall–Kier alpha value is -1.43. The number of hydrogen-bond donors (Lipinski definition) is 1. The van der Waals surface area contributed by atoms with Crippen LogP contribution in [0.4, 0.5) is 0 Å². The minimum absolute atomic E-state index is 0.0862. The number of halogens is 1. The van der Waals surface area contributed by atoms with Crippen molar-refractivity contribution in [2.45, 2.75) is 0 Å². The summed E-state index contributed by atoms with van der Waals surface area (Å²) in [6.45, 7) is 0. The number of nitrogens with zero attached hydrogens (tertiary/aromatic N) is 3. The molecular weight excluding hydrogens is 238 g/mol. The Morgan fingerprint density at radius 1 is 1.62 bits per heavy atom. The van der Waals surface area contributed by atoms with Gasteiger partial charge in [-0.1, -0.05) is 0 Å². The number of aromatic nitrogens is 3. The zero-order valence-corrected chi connectivity index (χ0v) is 7.89. The standard InChI is InChI=1S/C7H4BrN3O2/c8-5-4(6(12)13)11-3-1-2-9-7(11)10-5/h1-3H,(H,12,13). The highest BCUT2D eigenvalue weighted by Crippen LogP contribution is 2.16. The van der Waals surface area contributed by atoms with E-state index in [4.69, 9.17) is 5.11 Å². The van der Waals surface area contributed by atoms with E-state index < -0.39 is 5.97 Å². The van der Waals surface area contributed by atoms with Gasteiger partial charge in [-0.3, -0.25) is 4.40 Å². The van der Waals surface area contributed by atoms with Crippen LogP contribution in [0.5, 0.6) is 0 Å². The summed E-state index contributed by atoms with van der Waals surface area (Å²) in [5, 5.41) is 8.83. The lowest BCUT2D eigenvalue weighted by Gasteiger charge is -1.93. The molecule has 1 N–H and O–H groups in total. The van der Waals surface area contributed by atoms with E-state index in [1.807, 2.05) is 0 Å². The molecule has 0 saturated heterocycles. The van der Waals surface area contributed by atoms with Crippen molar-refractivity contribution >= 4 is 27.7 Å². The SMILES string of the molecule is O=C(O)c1c(Br)nc2ncccn12. The van der Waals surface area contributed by atoms with E-state index in [2.05, 4.69) is 25.9 Å². The molecule has 0 unspecified atom stereocenters. The van der Waals surface area contributed by atoms with Crippen molar-refractivity contribution in [3.8, 4) is 0 Å². The molecule has 0 aliphatic rings. The molecule has 0 aromatic carbocycles. The number of imidazole rings is 1. The molecule has 0 bridgehead atoms. The predicted octanol–water partition coefficient (Wildman–Crippen LogP) is 1.19. The molecule has 2 aromatic rings. The van der Waals surface area contributed by atoms with Crippen molar-refractivity contribution < 1.29 is 9.90 Å². The van der Waals surface area contributed by atoms with Gasteiger partial charge in [0.1, 0.15) is 4.60 Å². The van der Waals surface area contributed by atoms with Crippen LogP contribution in [0.3, 0.4) is 0 Å². The van der Waals surface area contributed by atoms with Gasteiger partial charge in [0.2, 0.25) is 5.78 Å². The Balaban J connectivity index is 2.86. The number of aromatic carboxylic acids is 1. The van der Waals surface area contributed by atoms with Crippen LogP contribution in [-0.4, -0.2) is 25.4 Å². The topological polar surface area (TPSA) is 67.5 Å². The van der Waals surface area contributed by atoms with Crippen LogP contribution in [0, 0.1) is 0 Å². The zero-order valence-electron chi connectivity index (χ0n) is 6.31. The minimum Gasteiger partial charge on any atom is -0.476 e. The molecule has 0 spiro atoms. The Morgan fingerprint density at radius 3 is 3.08 bits per heavy atom. The van der Waals surface area contributed by atoms with Gasteiger partial charge in [0, 0.05) is 12.4 Å². The maximum absolute atomic E-state index is 10.8. The third kappa shape index (κ3) is 1.19. The summed E-state index contributed by atoms with van der Waals surface area (Å²) in [4.78, 5) is 18.6. The Bertz CT molecular complexity index is 480. The van der Waals surface area contributed by atoms with Gasteiger partial charge in [-0.2, -0.15) is 0 Å². The average molecular weight is 242 g/mol. The van der Waals surface area contributed by atoms with Gasteiger partial charge >= 0.3 is 5.97 Å². The first-order chi connectivity index (χ1) is 6.20. The van der Waals surface area contributed by atoms with Crippen LogP contribution in [0.2, 0.25) is 0 Å². The molecule has 0 amide bonds. The molecule has 5 nitrogen and oxygen atoms in total. The molecule has 0 aliphatic heterocycles. The molecule has 0 aliphatic carbocycles. The normalized spacial score (nSPS) is 10.5. The number of fused-ring (bicyclic) bond motifs is 1. The number of carbonyl (C=O) groups is 1. The summed E-state index contributed by atoms with van der Waals surface area (Å²) in [5.74, 6) is -0.667. The fraction of sp³-hybridized carbons (Fsp3) is 0. The monoisotopic (exact) mass is 241 g/mol. The highest BCUT2D eigenvalue weighted by atomic mass is 79.9. The van der Waals surface area contributed by atoms with Gasteiger partial charge in [0.15, 0.2) is 5.69 Å². The molecule has 13 heavy (non-hydrogen) atoms. The maximum atomic E-state index is 10.8. The first kappa shape index (κ1) is 8.18. The van der Waals surface area contributed by atoms with Crippen molar-refractivity contribution in [2.24, 2.45) is 0 Å². The fourth-order valence-electron chi connectivity index (χ4n) is 1.05. The Kier molecular flexibility index (Phi) is 1.77. The maximum Gasteiger partial charge on any atom is 0.355 e. The van der Waals surface area contributed by atoms with Crippen molar-refractivity contribution in [3.63, 3.8) is 0 Å². The molecule has 0 atom stereocenters. The molecule has 6 heteroatoms.